The van der Waals surface area contributed by atoms with Crippen molar-refractivity contribution in [2.75, 3.05) is 20.8 Å². The highest BCUT2D eigenvalue weighted by Gasteiger charge is 2.51. The Bertz CT molecular complexity index is 787. The number of nitrogens with one attached hydrogen (secondary N) is 1. The number of carbonyl (C=O) groups is 1. The first-order valence-electron chi connectivity index (χ1n) is 8.44. The van der Waals surface area contributed by atoms with Gasteiger partial charge in [-0.2, -0.15) is 0 Å². The van der Waals surface area contributed by atoms with Gasteiger partial charge in [0, 0.05) is 17.1 Å². The number of rotatable bonds is 7. The van der Waals surface area contributed by atoms with Gasteiger partial charge in [0.25, 0.3) is 0 Å². The summed E-state index contributed by atoms with van der Waals surface area (Å²) in [6.07, 6.45) is 0.683. The van der Waals surface area contributed by atoms with Gasteiger partial charge < -0.3 is 19.9 Å². The molecule has 1 fully saturated rings. The molecule has 0 heterocycles. The zero-order valence-corrected chi connectivity index (χ0v) is 15.5. The largest absolute Gasteiger partial charge is 0.497 e. The van der Waals surface area contributed by atoms with Crippen molar-refractivity contribution >= 4 is 17.5 Å². The van der Waals surface area contributed by atoms with Crippen molar-refractivity contribution in [3.8, 4) is 11.5 Å². The Morgan fingerprint density at radius 3 is 2.46 bits per heavy atom. The van der Waals surface area contributed by atoms with E-state index in [2.05, 4.69) is 5.32 Å². The quantitative estimate of drug-likeness (QED) is 0.779. The Labute approximate surface area is 157 Å². The van der Waals surface area contributed by atoms with Gasteiger partial charge in [-0.05, 0) is 48.7 Å². The van der Waals surface area contributed by atoms with Crippen LogP contribution < -0.4 is 14.8 Å². The summed E-state index contributed by atoms with van der Waals surface area (Å²) >= 11 is 5.93. The van der Waals surface area contributed by atoms with E-state index in [-0.39, 0.29) is 12.5 Å². The van der Waals surface area contributed by atoms with Gasteiger partial charge in [0.05, 0.1) is 25.7 Å². The minimum absolute atomic E-state index is 0.0827. The fraction of sp³-hybridized carbons (Fsp3) is 0.350. The number of hydrogen-bond acceptors (Lipinski definition) is 4. The van der Waals surface area contributed by atoms with Crippen LogP contribution in [-0.4, -0.2) is 31.8 Å². The van der Waals surface area contributed by atoms with Crippen LogP contribution in [0.3, 0.4) is 0 Å². The minimum atomic E-state index is -0.898. The maximum absolute atomic E-state index is 12.7. The lowest BCUT2D eigenvalue weighted by atomic mass is 9.95. The number of benzene rings is 2. The Morgan fingerprint density at radius 1 is 1.19 bits per heavy atom. The average molecular weight is 376 g/mol. The number of amides is 1. The van der Waals surface area contributed by atoms with Crippen LogP contribution in [0.4, 0.5) is 0 Å². The molecule has 1 saturated carbocycles. The van der Waals surface area contributed by atoms with Gasteiger partial charge in [-0.25, -0.2) is 0 Å². The van der Waals surface area contributed by atoms with Gasteiger partial charge in [0.1, 0.15) is 11.5 Å². The van der Waals surface area contributed by atoms with Crippen molar-refractivity contribution in [2.45, 2.75) is 24.4 Å². The molecule has 1 aliphatic carbocycles. The summed E-state index contributed by atoms with van der Waals surface area (Å²) in [6.45, 7) is 0.0949. The van der Waals surface area contributed by atoms with Gasteiger partial charge in [0.15, 0.2) is 0 Å². The molecular weight excluding hydrogens is 354 g/mol. The van der Waals surface area contributed by atoms with Crippen LogP contribution in [0.2, 0.25) is 5.02 Å². The van der Waals surface area contributed by atoms with Crippen LogP contribution in [0.5, 0.6) is 11.5 Å². The molecule has 2 aromatic carbocycles. The normalized spacial score (nSPS) is 15.8. The second-order valence-corrected chi connectivity index (χ2v) is 6.86. The summed E-state index contributed by atoms with van der Waals surface area (Å²) < 4.78 is 10.5. The maximum Gasteiger partial charge on any atom is 0.230 e. The zero-order chi connectivity index (χ0) is 18.7. The summed E-state index contributed by atoms with van der Waals surface area (Å²) in [6, 6.07) is 12.6. The van der Waals surface area contributed by atoms with Crippen molar-refractivity contribution < 1.29 is 19.4 Å². The summed E-state index contributed by atoms with van der Waals surface area (Å²) in [5, 5.41) is 14.0. The lowest BCUT2D eigenvalue weighted by molar-refractivity contribution is -0.124. The monoisotopic (exact) mass is 375 g/mol. The minimum Gasteiger partial charge on any atom is -0.497 e. The SMILES string of the molecule is COc1ccc(OC)c(C(O)CNC(=O)C2(c3ccc(Cl)cc3)CC2)c1. The number of hydrogen-bond donors (Lipinski definition) is 2. The second kappa shape index (κ2) is 7.56. The molecule has 0 saturated heterocycles. The smallest absolute Gasteiger partial charge is 0.230 e. The van der Waals surface area contributed by atoms with E-state index < -0.39 is 11.5 Å². The first-order chi connectivity index (χ1) is 12.5. The molecule has 0 aromatic heterocycles. The fourth-order valence-corrected chi connectivity index (χ4v) is 3.24. The van der Waals surface area contributed by atoms with E-state index in [1.165, 1.54) is 7.11 Å². The standard InChI is InChI=1S/C20H22ClNO4/c1-25-15-7-8-18(26-2)16(11-15)17(23)12-22-19(24)20(9-10-20)13-3-5-14(21)6-4-13/h3-8,11,17,23H,9-10,12H2,1-2H3,(H,22,24). The highest BCUT2D eigenvalue weighted by Crippen LogP contribution is 2.48. The molecule has 26 heavy (non-hydrogen) atoms. The highest BCUT2D eigenvalue weighted by molar-refractivity contribution is 6.30. The van der Waals surface area contributed by atoms with Crippen molar-refractivity contribution in [3.05, 3.63) is 58.6 Å². The number of methoxy groups -OCH3 is 2. The summed E-state index contributed by atoms with van der Waals surface area (Å²) in [4.78, 5) is 12.7. The predicted molar refractivity (Wildman–Crippen MR) is 99.9 cm³/mol. The third-order valence-electron chi connectivity index (χ3n) is 4.83. The molecule has 2 N–H and O–H groups in total. The molecule has 0 aliphatic heterocycles. The fourth-order valence-electron chi connectivity index (χ4n) is 3.11. The Morgan fingerprint density at radius 2 is 1.88 bits per heavy atom. The van der Waals surface area contributed by atoms with Crippen LogP contribution >= 0.6 is 11.6 Å². The van der Waals surface area contributed by atoms with Crippen molar-refractivity contribution in [1.82, 2.24) is 5.32 Å². The lowest BCUT2D eigenvalue weighted by Gasteiger charge is -2.19. The Hall–Kier alpha value is -2.24. The van der Waals surface area contributed by atoms with Gasteiger partial charge in [-0.3, -0.25) is 4.79 Å². The number of carbonyl (C=O) groups excluding carboxylic acids is 1. The summed E-state index contributed by atoms with van der Waals surface area (Å²) in [7, 11) is 3.10. The Balaban J connectivity index is 1.69. The zero-order valence-electron chi connectivity index (χ0n) is 14.8. The average Bonchev–Trinajstić information content (AvgIpc) is 3.47. The van der Waals surface area contributed by atoms with E-state index in [1.54, 1.807) is 37.4 Å². The summed E-state index contributed by atoms with van der Waals surface area (Å²) in [5.41, 5.74) is 1.01. The lowest BCUT2D eigenvalue weighted by Crippen LogP contribution is -2.37. The van der Waals surface area contributed by atoms with Gasteiger partial charge in [-0.15, -0.1) is 0 Å². The van der Waals surface area contributed by atoms with Gasteiger partial charge in [0.2, 0.25) is 5.91 Å². The molecular formula is C20H22ClNO4. The molecule has 5 nitrogen and oxygen atoms in total. The van der Waals surface area contributed by atoms with Crippen LogP contribution in [0.25, 0.3) is 0 Å². The number of aliphatic hydroxyl groups excluding tert-OH is 1. The molecule has 6 heteroatoms. The molecule has 138 valence electrons. The highest BCUT2D eigenvalue weighted by atomic mass is 35.5. The van der Waals surface area contributed by atoms with Gasteiger partial charge >= 0.3 is 0 Å². The molecule has 1 unspecified atom stereocenters. The van der Waals surface area contributed by atoms with Crippen molar-refractivity contribution in [2.24, 2.45) is 0 Å². The first kappa shape index (κ1) is 18.5. The summed E-state index contributed by atoms with van der Waals surface area (Å²) in [5.74, 6) is 1.08. The van der Waals surface area contributed by atoms with Gasteiger partial charge in [-0.1, -0.05) is 23.7 Å². The molecule has 1 amide bonds. The van der Waals surface area contributed by atoms with E-state index in [0.29, 0.717) is 22.1 Å². The molecule has 0 bridgehead atoms. The molecule has 3 rings (SSSR count). The van der Waals surface area contributed by atoms with Crippen LogP contribution in [0.15, 0.2) is 42.5 Å². The molecule has 1 aliphatic rings. The van der Waals surface area contributed by atoms with Crippen molar-refractivity contribution in [1.29, 1.82) is 0 Å². The van der Waals surface area contributed by atoms with E-state index in [9.17, 15) is 9.90 Å². The number of aliphatic hydroxyl groups is 1. The Kier molecular flexibility index (Phi) is 5.39. The maximum atomic E-state index is 12.7. The van der Waals surface area contributed by atoms with Crippen LogP contribution in [0, 0.1) is 0 Å². The second-order valence-electron chi connectivity index (χ2n) is 6.42. The molecule has 0 radical (unpaired) electrons. The topological polar surface area (TPSA) is 67.8 Å². The molecule has 2 aromatic rings. The first-order valence-corrected chi connectivity index (χ1v) is 8.82. The van der Waals surface area contributed by atoms with E-state index in [1.807, 2.05) is 12.1 Å². The third kappa shape index (κ3) is 3.64. The molecule has 0 spiro atoms. The predicted octanol–water partition coefficient (Wildman–Crippen LogP) is 3.24. The molecule has 1 atom stereocenters. The van der Waals surface area contributed by atoms with E-state index in [0.717, 1.165) is 18.4 Å². The van der Waals surface area contributed by atoms with E-state index in [4.69, 9.17) is 21.1 Å². The van der Waals surface area contributed by atoms with Crippen molar-refractivity contribution in [3.63, 3.8) is 0 Å². The number of halogens is 1. The van der Waals surface area contributed by atoms with Crippen LogP contribution in [-0.2, 0) is 10.2 Å². The third-order valence-corrected chi connectivity index (χ3v) is 5.09. The number of ether oxygens (including phenoxy) is 2. The van der Waals surface area contributed by atoms with Crippen LogP contribution in [0.1, 0.15) is 30.1 Å². The van der Waals surface area contributed by atoms with E-state index >= 15 is 0 Å².